The van der Waals surface area contributed by atoms with Crippen LogP contribution in [-0.4, -0.2) is 31.2 Å². The summed E-state index contributed by atoms with van der Waals surface area (Å²) >= 11 is 0. The molecule has 0 unspecified atom stereocenters. The molecule has 0 radical (unpaired) electrons. The predicted octanol–water partition coefficient (Wildman–Crippen LogP) is 1.55. The molecule has 1 saturated heterocycles. The molecule has 1 aliphatic heterocycles. The summed E-state index contributed by atoms with van der Waals surface area (Å²) < 4.78 is 11.0. The second kappa shape index (κ2) is 3.99. The largest absolute Gasteiger partial charge is 0.381 e. The van der Waals surface area contributed by atoms with E-state index in [1.54, 1.807) is 0 Å². The van der Waals surface area contributed by atoms with Gasteiger partial charge >= 0.3 is 0 Å². The van der Waals surface area contributed by atoms with Crippen LogP contribution in [-0.2, 0) is 14.3 Å². The quantitative estimate of drug-likeness (QED) is 0.687. The maximum absolute atomic E-state index is 12.1. The molecule has 0 spiro atoms. The molecule has 80 valence electrons. The van der Waals surface area contributed by atoms with Crippen molar-refractivity contribution in [1.29, 1.82) is 0 Å². The monoisotopic (exact) mass is 198 g/mol. The van der Waals surface area contributed by atoms with Crippen molar-refractivity contribution >= 4 is 5.78 Å². The third-order valence-electron chi connectivity index (χ3n) is 3.12. The number of ketones is 1. The van der Waals surface area contributed by atoms with Crippen molar-refractivity contribution in [2.75, 3.05) is 19.8 Å². The Morgan fingerprint density at radius 1 is 1.43 bits per heavy atom. The molecule has 0 amide bonds. The van der Waals surface area contributed by atoms with Gasteiger partial charge in [0, 0.05) is 38.6 Å². The molecule has 0 aromatic carbocycles. The first-order valence-corrected chi connectivity index (χ1v) is 5.54. The first kappa shape index (κ1) is 10.1. The Morgan fingerprint density at radius 3 is 2.57 bits per heavy atom. The molecule has 2 fully saturated rings. The average Bonchev–Trinajstić information content (AvgIpc) is 3.02. The molecule has 1 aliphatic carbocycles. The summed E-state index contributed by atoms with van der Waals surface area (Å²) in [6, 6.07) is 0. The normalized spacial score (nSPS) is 26.1. The highest BCUT2D eigenvalue weighted by Crippen LogP contribution is 2.39. The van der Waals surface area contributed by atoms with Gasteiger partial charge in [-0.3, -0.25) is 4.79 Å². The summed E-state index contributed by atoms with van der Waals surface area (Å²) in [7, 11) is 0. The molecule has 1 heterocycles. The van der Waals surface area contributed by atoms with Crippen LogP contribution in [0.3, 0.4) is 0 Å². The van der Waals surface area contributed by atoms with E-state index in [4.69, 9.17) is 9.47 Å². The van der Waals surface area contributed by atoms with Gasteiger partial charge in [-0.25, -0.2) is 0 Å². The van der Waals surface area contributed by atoms with Crippen molar-refractivity contribution in [3.05, 3.63) is 0 Å². The van der Waals surface area contributed by atoms with Gasteiger partial charge in [0.05, 0.1) is 0 Å². The minimum absolute atomic E-state index is 0.291. The van der Waals surface area contributed by atoms with Crippen molar-refractivity contribution in [2.24, 2.45) is 5.92 Å². The zero-order chi connectivity index (χ0) is 10.0. The van der Waals surface area contributed by atoms with E-state index in [0.717, 1.165) is 25.7 Å². The number of carbonyl (C=O) groups is 1. The fourth-order valence-electron chi connectivity index (χ4n) is 2.16. The van der Waals surface area contributed by atoms with E-state index in [1.807, 2.05) is 6.92 Å². The second-order valence-electron chi connectivity index (χ2n) is 4.18. The van der Waals surface area contributed by atoms with Crippen molar-refractivity contribution in [3.8, 4) is 0 Å². The smallest absolute Gasteiger partial charge is 0.167 e. The molecular weight excluding hydrogens is 180 g/mol. The summed E-state index contributed by atoms with van der Waals surface area (Å²) in [4.78, 5) is 12.1. The Morgan fingerprint density at radius 2 is 2.07 bits per heavy atom. The van der Waals surface area contributed by atoms with Crippen LogP contribution in [0.5, 0.6) is 0 Å². The molecule has 1 saturated carbocycles. The Bertz CT molecular complexity index is 209. The summed E-state index contributed by atoms with van der Waals surface area (Å²) in [6.07, 6.45) is 3.62. The number of ether oxygens (including phenoxy) is 2. The summed E-state index contributed by atoms with van der Waals surface area (Å²) in [5.74, 6) is 0.627. The van der Waals surface area contributed by atoms with Crippen molar-refractivity contribution < 1.29 is 14.3 Å². The van der Waals surface area contributed by atoms with E-state index in [-0.39, 0.29) is 0 Å². The second-order valence-corrected chi connectivity index (χ2v) is 4.18. The van der Waals surface area contributed by atoms with Crippen LogP contribution in [0.25, 0.3) is 0 Å². The lowest BCUT2D eigenvalue weighted by molar-refractivity contribution is -0.158. The Balaban J connectivity index is 2.06. The van der Waals surface area contributed by atoms with Gasteiger partial charge < -0.3 is 9.47 Å². The zero-order valence-corrected chi connectivity index (χ0v) is 8.75. The van der Waals surface area contributed by atoms with Crippen LogP contribution in [0.1, 0.15) is 32.6 Å². The van der Waals surface area contributed by atoms with Gasteiger partial charge in [-0.05, 0) is 19.8 Å². The number of Topliss-reactive ketones (excluding diaryl/α,β-unsaturated/α-hetero) is 1. The van der Waals surface area contributed by atoms with E-state index >= 15 is 0 Å². The third-order valence-corrected chi connectivity index (χ3v) is 3.12. The summed E-state index contributed by atoms with van der Waals surface area (Å²) in [6.45, 7) is 3.91. The van der Waals surface area contributed by atoms with Crippen LogP contribution in [0.2, 0.25) is 0 Å². The minimum Gasteiger partial charge on any atom is -0.381 e. The highest BCUT2D eigenvalue weighted by Gasteiger charge is 2.47. The molecule has 2 aliphatic rings. The van der Waals surface area contributed by atoms with Gasteiger partial charge in [-0.2, -0.15) is 0 Å². The summed E-state index contributed by atoms with van der Waals surface area (Å²) in [5.41, 5.74) is -0.492. The van der Waals surface area contributed by atoms with Crippen molar-refractivity contribution in [1.82, 2.24) is 0 Å². The van der Waals surface area contributed by atoms with E-state index < -0.39 is 5.60 Å². The van der Waals surface area contributed by atoms with Crippen molar-refractivity contribution in [3.63, 3.8) is 0 Å². The average molecular weight is 198 g/mol. The van der Waals surface area contributed by atoms with Gasteiger partial charge in [0.15, 0.2) is 5.78 Å². The van der Waals surface area contributed by atoms with Gasteiger partial charge in [0.1, 0.15) is 5.60 Å². The van der Waals surface area contributed by atoms with Gasteiger partial charge in [0.25, 0.3) is 0 Å². The fraction of sp³-hybridized carbons (Fsp3) is 0.909. The SMILES string of the molecule is CCOC1(C(=O)C2CC2)CCOCC1. The standard InChI is InChI=1S/C11H18O3/c1-2-14-11(5-7-13-8-6-11)10(12)9-3-4-9/h9H,2-8H2,1H3. The predicted molar refractivity (Wildman–Crippen MR) is 52.1 cm³/mol. The van der Waals surface area contributed by atoms with E-state index in [1.165, 1.54) is 0 Å². The molecular formula is C11H18O3. The summed E-state index contributed by atoms with van der Waals surface area (Å²) in [5, 5.41) is 0. The number of hydrogen-bond donors (Lipinski definition) is 0. The maximum atomic E-state index is 12.1. The molecule has 0 N–H and O–H groups in total. The fourth-order valence-corrected chi connectivity index (χ4v) is 2.16. The van der Waals surface area contributed by atoms with E-state index in [0.29, 0.717) is 31.5 Å². The van der Waals surface area contributed by atoms with Gasteiger partial charge in [-0.15, -0.1) is 0 Å². The van der Waals surface area contributed by atoms with Crippen molar-refractivity contribution in [2.45, 2.75) is 38.2 Å². The first-order chi connectivity index (χ1) is 6.78. The molecule has 14 heavy (non-hydrogen) atoms. The Hall–Kier alpha value is -0.410. The highest BCUT2D eigenvalue weighted by molar-refractivity contribution is 5.91. The Kier molecular flexibility index (Phi) is 2.88. The molecule has 0 atom stereocenters. The van der Waals surface area contributed by atoms with Crippen LogP contribution in [0, 0.1) is 5.92 Å². The molecule has 3 heteroatoms. The van der Waals surface area contributed by atoms with Gasteiger partial charge in [-0.1, -0.05) is 0 Å². The zero-order valence-electron chi connectivity index (χ0n) is 8.75. The lowest BCUT2D eigenvalue weighted by atomic mass is 9.87. The van der Waals surface area contributed by atoms with E-state index in [9.17, 15) is 4.79 Å². The topological polar surface area (TPSA) is 35.5 Å². The van der Waals surface area contributed by atoms with Crippen LogP contribution in [0.4, 0.5) is 0 Å². The molecule has 0 bridgehead atoms. The molecule has 0 aromatic heterocycles. The van der Waals surface area contributed by atoms with Crippen LogP contribution in [0.15, 0.2) is 0 Å². The highest BCUT2D eigenvalue weighted by atomic mass is 16.5. The van der Waals surface area contributed by atoms with Gasteiger partial charge in [0.2, 0.25) is 0 Å². The lowest BCUT2D eigenvalue weighted by Gasteiger charge is -2.35. The molecule has 2 rings (SSSR count). The minimum atomic E-state index is -0.492. The van der Waals surface area contributed by atoms with Crippen LogP contribution >= 0.6 is 0 Å². The maximum Gasteiger partial charge on any atom is 0.167 e. The van der Waals surface area contributed by atoms with Crippen LogP contribution < -0.4 is 0 Å². The first-order valence-electron chi connectivity index (χ1n) is 5.54. The number of rotatable bonds is 4. The number of hydrogen-bond acceptors (Lipinski definition) is 3. The van der Waals surface area contributed by atoms with E-state index in [2.05, 4.69) is 0 Å². The molecule has 3 nitrogen and oxygen atoms in total. The lowest BCUT2D eigenvalue weighted by Crippen LogP contribution is -2.47. The Labute approximate surface area is 84.8 Å². The molecule has 0 aromatic rings. The third kappa shape index (κ3) is 1.84. The number of carbonyl (C=O) groups excluding carboxylic acids is 1.